The van der Waals surface area contributed by atoms with Crippen LogP contribution in [0.1, 0.15) is 71.6 Å². The van der Waals surface area contributed by atoms with Gasteiger partial charge >= 0.3 is 5.97 Å². The summed E-state index contributed by atoms with van der Waals surface area (Å²) in [6.45, 7) is 3.15. The van der Waals surface area contributed by atoms with Gasteiger partial charge in [-0.2, -0.15) is 0 Å². The average Bonchev–Trinajstić information content (AvgIpc) is 2.67. The van der Waals surface area contributed by atoms with Gasteiger partial charge in [0, 0.05) is 18.1 Å². The summed E-state index contributed by atoms with van der Waals surface area (Å²) in [6, 6.07) is 0. The Morgan fingerprint density at radius 2 is 1.54 bits per heavy atom. The summed E-state index contributed by atoms with van der Waals surface area (Å²) in [5.74, 6) is 0.0142. The first kappa shape index (κ1) is 22.2. The number of hydrogen-bond donors (Lipinski definition) is 0. The second-order valence-electron chi connectivity index (χ2n) is 7.68. The summed E-state index contributed by atoms with van der Waals surface area (Å²) in [7, 11) is 2.76. The van der Waals surface area contributed by atoms with Crippen LogP contribution in [0.25, 0.3) is 0 Å². The van der Waals surface area contributed by atoms with E-state index in [0.29, 0.717) is 23.5 Å². The first-order valence-electron chi connectivity index (χ1n) is 10.2. The van der Waals surface area contributed by atoms with Crippen molar-refractivity contribution >= 4 is 17.5 Å². The predicted molar refractivity (Wildman–Crippen MR) is 104 cm³/mol. The quantitative estimate of drug-likeness (QED) is 0.335. The van der Waals surface area contributed by atoms with E-state index in [2.05, 4.69) is 0 Å². The Kier molecular flexibility index (Phi) is 8.27. The van der Waals surface area contributed by atoms with E-state index in [1.165, 1.54) is 21.1 Å². The van der Waals surface area contributed by atoms with Gasteiger partial charge in [-0.25, -0.2) is 0 Å². The van der Waals surface area contributed by atoms with Gasteiger partial charge in [0.15, 0.2) is 0 Å². The van der Waals surface area contributed by atoms with Crippen molar-refractivity contribution in [2.75, 3.05) is 14.2 Å². The van der Waals surface area contributed by atoms with Crippen LogP contribution in [-0.2, 0) is 28.6 Å². The lowest BCUT2D eigenvalue weighted by molar-refractivity contribution is -0.148. The van der Waals surface area contributed by atoms with Crippen LogP contribution in [0.3, 0.4) is 0 Å². The second-order valence-corrected chi connectivity index (χ2v) is 7.68. The Hall–Kier alpha value is -2.11. The van der Waals surface area contributed by atoms with E-state index in [-0.39, 0.29) is 35.2 Å². The van der Waals surface area contributed by atoms with Crippen molar-refractivity contribution in [1.29, 1.82) is 0 Å². The fourth-order valence-electron chi connectivity index (χ4n) is 4.18. The Balaban J connectivity index is 1.74. The molecule has 0 aliphatic heterocycles. The molecule has 0 unspecified atom stereocenters. The second kappa shape index (κ2) is 10.4. The number of methoxy groups -OCH3 is 2. The maximum Gasteiger partial charge on any atom is 0.302 e. The van der Waals surface area contributed by atoms with Crippen molar-refractivity contribution in [2.45, 2.75) is 77.7 Å². The number of ether oxygens (including phenoxy) is 3. The molecule has 0 heterocycles. The van der Waals surface area contributed by atoms with Crippen LogP contribution in [-0.4, -0.2) is 37.9 Å². The molecule has 0 N–H and O–H groups in total. The van der Waals surface area contributed by atoms with Crippen LogP contribution < -0.4 is 0 Å². The fourth-order valence-corrected chi connectivity index (χ4v) is 4.18. The Morgan fingerprint density at radius 3 is 2.11 bits per heavy atom. The molecule has 6 nitrogen and oxygen atoms in total. The molecule has 2 rings (SSSR count). The molecule has 156 valence electrons. The molecule has 28 heavy (non-hydrogen) atoms. The highest BCUT2D eigenvalue weighted by molar-refractivity contribution is 6.23. The van der Waals surface area contributed by atoms with E-state index < -0.39 is 0 Å². The molecule has 0 saturated heterocycles. The molecule has 0 aromatic rings. The molecular weight excluding hydrogens is 360 g/mol. The number of esters is 1. The standard InChI is InChI=1S/C22H32O6/c1-14-18(20(25)22(27-4)21(26-3)19(14)24)9-7-5-6-8-16-10-12-17(13-11-16)28-15(2)23/h16-17H,5-13H2,1-4H3. The number of hydrogen-bond acceptors (Lipinski definition) is 6. The highest BCUT2D eigenvalue weighted by Gasteiger charge is 2.34. The van der Waals surface area contributed by atoms with Gasteiger partial charge in [0.05, 0.1) is 14.2 Å². The van der Waals surface area contributed by atoms with Crippen LogP contribution >= 0.6 is 0 Å². The van der Waals surface area contributed by atoms with Gasteiger partial charge in [-0.15, -0.1) is 0 Å². The zero-order chi connectivity index (χ0) is 20.7. The SMILES string of the molecule is COC1=C(OC)C(=O)C(CCCCCC2CCC(OC(C)=O)CC2)=C(C)C1=O. The number of unbranched alkanes of at least 4 members (excludes halogenated alkanes) is 2. The zero-order valence-corrected chi connectivity index (χ0v) is 17.5. The van der Waals surface area contributed by atoms with E-state index >= 15 is 0 Å². The molecule has 1 fully saturated rings. The minimum Gasteiger partial charge on any atom is -0.489 e. The molecule has 0 spiro atoms. The molecule has 6 heteroatoms. The van der Waals surface area contributed by atoms with E-state index in [0.717, 1.165) is 51.4 Å². The van der Waals surface area contributed by atoms with E-state index in [4.69, 9.17) is 14.2 Å². The summed E-state index contributed by atoms with van der Waals surface area (Å²) in [5.41, 5.74) is 1.01. The fraction of sp³-hybridized carbons (Fsp3) is 0.682. The molecule has 0 bridgehead atoms. The van der Waals surface area contributed by atoms with Crippen LogP contribution in [0.2, 0.25) is 0 Å². The maximum atomic E-state index is 12.6. The van der Waals surface area contributed by atoms with Gasteiger partial charge in [0.25, 0.3) is 0 Å². The lowest BCUT2D eigenvalue weighted by atomic mass is 9.83. The molecule has 2 aliphatic carbocycles. The van der Waals surface area contributed by atoms with Crippen LogP contribution in [0.15, 0.2) is 22.7 Å². The summed E-state index contributed by atoms with van der Waals surface area (Å²) in [5, 5.41) is 0. The van der Waals surface area contributed by atoms with Crippen LogP contribution in [0.4, 0.5) is 0 Å². The van der Waals surface area contributed by atoms with Crippen molar-refractivity contribution in [3.05, 3.63) is 22.7 Å². The monoisotopic (exact) mass is 392 g/mol. The van der Waals surface area contributed by atoms with Gasteiger partial charge in [-0.1, -0.05) is 19.3 Å². The third-order valence-corrected chi connectivity index (χ3v) is 5.76. The largest absolute Gasteiger partial charge is 0.489 e. The summed E-state index contributed by atoms with van der Waals surface area (Å²) in [4.78, 5) is 36.0. The van der Waals surface area contributed by atoms with Gasteiger partial charge in [-0.3, -0.25) is 14.4 Å². The first-order chi connectivity index (χ1) is 13.4. The van der Waals surface area contributed by atoms with Gasteiger partial charge in [0.1, 0.15) is 6.10 Å². The minimum atomic E-state index is -0.265. The molecule has 0 radical (unpaired) electrons. The van der Waals surface area contributed by atoms with E-state index in [1.54, 1.807) is 6.92 Å². The number of carbonyl (C=O) groups is 3. The van der Waals surface area contributed by atoms with E-state index in [1.807, 2.05) is 0 Å². The lowest BCUT2D eigenvalue weighted by Crippen LogP contribution is -2.25. The third-order valence-electron chi connectivity index (χ3n) is 5.76. The van der Waals surface area contributed by atoms with Crippen molar-refractivity contribution in [3.63, 3.8) is 0 Å². The highest BCUT2D eigenvalue weighted by atomic mass is 16.5. The average molecular weight is 392 g/mol. The van der Waals surface area contributed by atoms with Crippen molar-refractivity contribution in [3.8, 4) is 0 Å². The van der Waals surface area contributed by atoms with Gasteiger partial charge in [-0.05, 0) is 51.4 Å². The number of Topliss-reactive ketones (excluding diaryl/α,β-unsaturated/α-hetero) is 2. The minimum absolute atomic E-state index is 0.00175. The lowest BCUT2D eigenvalue weighted by Gasteiger charge is -2.28. The molecular formula is C22H32O6. The van der Waals surface area contributed by atoms with Crippen molar-refractivity contribution < 1.29 is 28.6 Å². The highest BCUT2D eigenvalue weighted by Crippen LogP contribution is 2.31. The Labute approximate surface area is 167 Å². The molecule has 1 saturated carbocycles. The maximum absolute atomic E-state index is 12.6. The number of carbonyl (C=O) groups excluding carboxylic acids is 3. The number of rotatable bonds is 9. The topological polar surface area (TPSA) is 78.9 Å². The van der Waals surface area contributed by atoms with Gasteiger partial charge in [0.2, 0.25) is 23.1 Å². The van der Waals surface area contributed by atoms with E-state index in [9.17, 15) is 14.4 Å². The molecule has 0 aromatic carbocycles. The summed E-state index contributed by atoms with van der Waals surface area (Å²) >= 11 is 0. The normalized spacial score (nSPS) is 23.1. The first-order valence-corrected chi connectivity index (χ1v) is 10.2. The third kappa shape index (κ3) is 5.46. The molecule has 0 atom stereocenters. The zero-order valence-electron chi connectivity index (χ0n) is 17.5. The van der Waals surface area contributed by atoms with Crippen LogP contribution in [0.5, 0.6) is 0 Å². The van der Waals surface area contributed by atoms with Crippen LogP contribution in [0, 0.1) is 5.92 Å². The smallest absolute Gasteiger partial charge is 0.302 e. The number of ketones is 2. The molecule has 2 aliphatic rings. The summed E-state index contributed by atoms with van der Waals surface area (Å²) < 4.78 is 15.5. The number of allylic oxidation sites excluding steroid dienone is 2. The molecule has 0 amide bonds. The Bertz CT molecular complexity index is 665. The van der Waals surface area contributed by atoms with Gasteiger partial charge < -0.3 is 14.2 Å². The predicted octanol–water partition coefficient (Wildman–Crippen LogP) is 4.03. The van der Waals surface area contributed by atoms with Crippen molar-refractivity contribution in [2.24, 2.45) is 5.92 Å². The molecule has 0 aromatic heterocycles. The summed E-state index contributed by atoms with van der Waals surface area (Å²) in [6.07, 6.45) is 8.97. The Morgan fingerprint density at radius 1 is 0.929 bits per heavy atom. The van der Waals surface area contributed by atoms with Crippen molar-refractivity contribution in [1.82, 2.24) is 0 Å².